The molecule has 2 heterocycles. The molecule has 0 aliphatic carbocycles. The molecule has 0 saturated carbocycles. The van der Waals surface area contributed by atoms with Crippen molar-refractivity contribution in [3.05, 3.63) is 66.1 Å². The maximum atomic E-state index is 13.1. The number of anilines is 1. The third kappa shape index (κ3) is 5.30. The van der Waals surface area contributed by atoms with Crippen LogP contribution in [0.25, 0.3) is 11.3 Å². The average Bonchev–Trinajstić information content (AvgIpc) is 3.21. The Morgan fingerprint density at radius 2 is 1.87 bits per heavy atom. The van der Waals surface area contributed by atoms with Crippen LogP contribution < -0.4 is 10.1 Å². The number of hydrogen-bond acceptors (Lipinski definition) is 4. The first-order chi connectivity index (χ1) is 15.1. The number of benzene rings is 2. The van der Waals surface area contributed by atoms with E-state index in [9.17, 15) is 9.18 Å². The molecule has 0 bridgehead atoms. The van der Waals surface area contributed by atoms with E-state index in [1.165, 1.54) is 43.5 Å². The van der Waals surface area contributed by atoms with Crippen LogP contribution in [0.5, 0.6) is 5.75 Å². The summed E-state index contributed by atoms with van der Waals surface area (Å²) >= 11 is 0. The van der Waals surface area contributed by atoms with E-state index in [0.29, 0.717) is 17.9 Å². The third-order valence-corrected chi connectivity index (χ3v) is 5.55. The molecule has 0 radical (unpaired) electrons. The van der Waals surface area contributed by atoms with Gasteiger partial charge in [-0.25, -0.2) is 4.39 Å². The highest BCUT2D eigenvalue weighted by molar-refractivity contribution is 6.04. The molecule has 31 heavy (non-hydrogen) atoms. The van der Waals surface area contributed by atoms with Gasteiger partial charge in [0.05, 0.1) is 5.69 Å². The summed E-state index contributed by atoms with van der Waals surface area (Å²) in [6.07, 6.45) is 5.55. The Hall–Kier alpha value is -3.19. The minimum Gasteiger partial charge on any atom is -0.492 e. The van der Waals surface area contributed by atoms with Crippen LogP contribution in [-0.2, 0) is 7.05 Å². The van der Waals surface area contributed by atoms with Crippen molar-refractivity contribution in [2.45, 2.75) is 19.3 Å². The zero-order valence-electron chi connectivity index (χ0n) is 17.7. The predicted octanol–water partition coefficient (Wildman–Crippen LogP) is 4.34. The van der Waals surface area contributed by atoms with Gasteiger partial charge in [0.15, 0.2) is 0 Å². The summed E-state index contributed by atoms with van der Waals surface area (Å²) in [4.78, 5) is 15.0. The number of aromatic nitrogens is 2. The van der Waals surface area contributed by atoms with E-state index < -0.39 is 0 Å². The van der Waals surface area contributed by atoms with Crippen molar-refractivity contribution in [2.75, 3.05) is 31.6 Å². The molecule has 1 N–H and O–H groups in total. The second-order valence-electron chi connectivity index (χ2n) is 7.76. The van der Waals surface area contributed by atoms with Crippen LogP contribution in [-0.4, -0.2) is 46.8 Å². The Labute approximate surface area is 181 Å². The molecule has 1 fully saturated rings. The number of nitrogens with one attached hydrogen (secondary N) is 1. The summed E-state index contributed by atoms with van der Waals surface area (Å²) in [6, 6.07) is 13.0. The zero-order valence-corrected chi connectivity index (χ0v) is 17.7. The normalized spacial score (nSPS) is 14.4. The number of carbonyl (C=O) groups is 1. The molecule has 0 spiro atoms. The lowest BCUT2D eigenvalue weighted by atomic mass is 10.1. The lowest BCUT2D eigenvalue weighted by Gasteiger charge is -2.26. The standard InChI is InChI=1S/C24H27FN4O2/c1-28-22(11-12-26-28)21-17-20(27-24(30)18-5-7-19(25)8-6-18)9-10-23(21)31-16-15-29-13-3-2-4-14-29/h5-12,17H,2-4,13-16H2,1H3,(H,27,30). The molecular weight excluding hydrogens is 395 g/mol. The summed E-state index contributed by atoms with van der Waals surface area (Å²) < 4.78 is 21.0. The third-order valence-electron chi connectivity index (χ3n) is 5.55. The Morgan fingerprint density at radius 3 is 2.58 bits per heavy atom. The first kappa shape index (κ1) is 21.1. The fourth-order valence-corrected chi connectivity index (χ4v) is 3.84. The molecular formula is C24H27FN4O2. The van der Waals surface area contributed by atoms with E-state index in [1.807, 2.05) is 31.3 Å². The largest absolute Gasteiger partial charge is 0.492 e. The summed E-state index contributed by atoms with van der Waals surface area (Å²) in [5, 5.41) is 7.14. The number of nitrogens with zero attached hydrogens (tertiary/aromatic N) is 3. The van der Waals surface area contributed by atoms with Gasteiger partial charge in [0, 0.05) is 36.6 Å². The Morgan fingerprint density at radius 1 is 1.10 bits per heavy atom. The second kappa shape index (κ2) is 9.75. The van der Waals surface area contributed by atoms with Crippen LogP contribution in [0, 0.1) is 5.82 Å². The van der Waals surface area contributed by atoms with Crippen molar-refractivity contribution in [3.63, 3.8) is 0 Å². The number of likely N-dealkylation sites (tertiary alicyclic amines) is 1. The molecule has 0 unspecified atom stereocenters. The van der Waals surface area contributed by atoms with Gasteiger partial charge in [-0.15, -0.1) is 0 Å². The van der Waals surface area contributed by atoms with Gasteiger partial charge in [0.25, 0.3) is 5.91 Å². The van der Waals surface area contributed by atoms with E-state index in [-0.39, 0.29) is 11.7 Å². The van der Waals surface area contributed by atoms with Crippen LogP contribution in [0.1, 0.15) is 29.6 Å². The average molecular weight is 423 g/mol. The fraction of sp³-hybridized carbons (Fsp3) is 0.333. The number of carbonyl (C=O) groups excluding carboxylic acids is 1. The minimum atomic E-state index is -0.374. The molecule has 1 aliphatic rings. The number of rotatable bonds is 7. The lowest BCUT2D eigenvalue weighted by Crippen LogP contribution is -2.33. The van der Waals surface area contributed by atoms with Gasteiger partial charge in [-0.3, -0.25) is 14.4 Å². The van der Waals surface area contributed by atoms with Gasteiger partial charge in [-0.2, -0.15) is 5.10 Å². The summed E-state index contributed by atoms with van der Waals surface area (Å²) in [5.74, 6) is 0.0798. The molecule has 7 heteroatoms. The van der Waals surface area contributed by atoms with Crippen molar-refractivity contribution in [3.8, 4) is 17.0 Å². The Bertz CT molecular complexity index is 1030. The van der Waals surface area contributed by atoms with Crippen molar-refractivity contribution in [2.24, 2.45) is 7.05 Å². The first-order valence-electron chi connectivity index (χ1n) is 10.6. The highest BCUT2D eigenvalue weighted by Gasteiger charge is 2.15. The molecule has 1 aliphatic heterocycles. The zero-order chi connectivity index (χ0) is 21.6. The Kier molecular flexibility index (Phi) is 6.62. The highest BCUT2D eigenvalue weighted by atomic mass is 19.1. The van der Waals surface area contributed by atoms with E-state index in [1.54, 1.807) is 10.9 Å². The maximum absolute atomic E-state index is 13.1. The number of hydrogen-bond donors (Lipinski definition) is 1. The molecule has 0 atom stereocenters. The van der Waals surface area contributed by atoms with E-state index in [2.05, 4.69) is 15.3 Å². The van der Waals surface area contributed by atoms with Crippen LogP contribution in [0.15, 0.2) is 54.7 Å². The number of ether oxygens (including phenoxy) is 1. The minimum absolute atomic E-state index is 0.297. The molecule has 162 valence electrons. The molecule has 1 amide bonds. The predicted molar refractivity (Wildman–Crippen MR) is 119 cm³/mol. The van der Waals surface area contributed by atoms with E-state index in [0.717, 1.165) is 36.6 Å². The number of piperidine rings is 1. The van der Waals surface area contributed by atoms with E-state index >= 15 is 0 Å². The fourth-order valence-electron chi connectivity index (χ4n) is 3.84. The van der Waals surface area contributed by atoms with E-state index in [4.69, 9.17) is 4.74 Å². The first-order valence-corrected chi connectivity index (χ1v) is 10.6. The quantitative estimate of drug-likeness (QED) is 0.615. The van der Waals surface area contributed by atoms with Crippen molar-refractivity contribution in [1.29, 1.82) is 0 Å². The van der Waals surface area contributed by atoms with Gasteiger partial charge in [-0.1, -0.05) is 6.42 Å². The van der Waals surface area contributed by atoms with Crippen LogP contribution in [0.4, 0.5) is 10.1 Å². The molecule has 4 rings (SSSR count). The topological polar surface area (TPSA) is 59.4 Å². The van der Waals surface area contributed by atoms with Crippen molar-refractivity contribution in [1.82, 2.24) is 14.7 Å². The SMILES string of the molecule is Cn1nccc1-c1cc(NC(=O)c2ccc(F)cc2)ccc1OCCN1CCCCC1. The van der Waals surface area contributed by atoms with Gasteiger partial charge in [0.2, 0.25) is 0 Å². The van der Waals surface area contributed by atoms with Crippen LogP contribution >= 0.6 is 0 Å². The van der Waals surface area contributed by atoms with Crippen molar-refractivity contribution < 1.29 is 13.9 Å². The van der Waals surface area contributed by atoms with Gasteiger partial charge in [-0.05, 0) is 74.5 Å². The summed E-state index contributed by atoms with van der Waals surface area (Å²) in [5.41, 5.74) is 2.78. The van der Waals surface area contributed by atoms with Gasteiger partial charge < -0.3 is 10.1 Å². The molecule has 3 aromatic rings. The van der Waals surface area contributed by atoms with Gasteiger partial charge in [0.1, 0.15) is 18.2 Å². The van der Waals surface area contributed by atoms with Crippen LogP contribution in [0.2, 0.25) is 0 Å². The molecule has 1 aromatic heterocycles. The number of amides is 1. The summed E-state index contributed by atoms with van der Waals surface area (Å²) in [7, 11) is 1.87. The number of aryl methyl sites for hydroxylation is 1. The molecule has 1 saturated heterocycles. The summed E-state index contributed by atoms with van der Waals surface area (Å²) in [6.45, 7) is 3.76. The van der Waals surface area contributed by atoms with Crippen LogP contribution in [0.3, 0.4) is 0 Å². The molecule has 2 aromatic carbocycles. The highest BCUT2D eigenvalue weighted by Crippen LogP contribution is 2.32. The maximum Gasteiger partial charge on any atom is 0.255 e. The molecule has 6 nitrogen and oxygen atoms in total. The Balaban J connectivity index is 1.51. The lowest BCUT2D eigenvalue weighted by molar-refractivity contribution is 0.102. The monoisotopic (exact) mass is 422 g/mol. The second-order valence-corrected chi connectivity index (χ2v) is 7.76. The van der Waals surface area contributed by atoms with Crippen molar-refractivity contribution >= 4 is 11.6 Å². The van der Waals surface area contributed by atoms with Gasteiger partial charge >= 0.3 is 0 Å². The smallest absolute Gasteiger partial charge is 0.255 e. The number of halogens is 1.